The predicted molar refractivity (Wildman–Crippen MR) is 61.6 cm³/mol. The molecule has 6 unspecified atom stereocenters. The molecule has 0 aromatic rings. The van der Waals surface area contributed by atoms with Crippen LogP contribution >= 0.6 is 0 Å². The van der Waals surface area contributed by atoms with Gasteiger partial charge in [0.2, 0.25) is 0 Å². The first-order valence-electron chi connectivity index (χ1n) is 7.17. The highest BCUT2D eigenvalue weighted by Gasteiger charge is 2.53. The third kappa shape index (κ3) is 1.19. The summed E-state index contributed by atoms with van der Waals surface area (Å²) in [6.45, 7) is 1.32. The van der Waals surface area contributed by atoms with Crippen molar-refractivity contribution in [3.63, 3.8) is 0 Å². The lowest BCUT2D eigenvalue weighted by atomic mass is 9.61. The van der Waals surface area contributed by atoms with E-state index in [9.17, 15) is 0 Å². The van der Waals surface area contributed by atoms with E-state index in [-0.39, 0.29) is 0 Å². The Morgan fingerprint density at radius 3 is 2.60 bits per heavy atom. The number of hydrogen-bond acceptors (Lipinski definition) is 1. The van der Waals surface area contributed by atoms with Crippen LogP contribution in [0.25, 0.3) is 0 Å². The van der Waals surface area contributed by atoms with E-state index in [2.05, 4.69) is 5.32 Å². The minimum absolute atomic E-state index is 0.924. The van der Waals surface area contributed by atoms with Gasteiger partial charge in [-0.25, -0.2) is 0 Å². The van der Waals surface area contributed by atoms with Gasteiger partial charge in [-0.2, -0.15) is 0 Å². The van der Waals surface area contributed by atoms with E-state index in [4.69, 9.17) is 0 Å². The highest BCUT2D eigenvalue weighted by Crippen LogP contribution is 2.58. The van der Waals surface area contributed by atoms with Crippen LogP contribution in [0.1, 0.15) is 44.9 Å². The summed E-state index contributed by atoms with van der Waals surface area (Å²) in [5, 5.41) is 3.81. The van der Waals surface area contributed by atoms with Crippen molar-refractivity contribution in [2.24, 2.45) is 29.6 Å². The van der Waals surface area contributed by atoms with E-state index < -0.39 is 0 Å². The van der Waals surface area contributed by atoms with E-state index in [1.807, 2.05) is 0 Å². The molecule has 84 valence electrons. The molecule has 0 amide bonds. The molecule has 1 aliphatic heterocycles. The number of hydrogen-bond donors (Lipinski definition) is 1. The molecular weight excluding hydrogens is 182 g/mol. The average molecular weight is 205 g/mol. The summed E-state index contributed by atoms with van der Waals surface area (Å²) in [5.74, 6) is 5.64. The van der Waals surface area contributed by atoms with Gasteiger partial charge >= 0.3 is 0 Å². The van der Waals surface area contributed by atoms with E-state index in [1.54, 1.807) is 32.1 Å². The van der Waals surface area contributed by atoms with Crippen LogP contribution in [0.5, 0.6) is 0 Å². The molecule has 4 aliphatic rings. The van der Waals surface area contributed by atoms with Gasteiger partial charge in [0.05, 0.1) is 0 Å². The fourth-order valence-electron chi connectivity index (χ4n) is 5.70. The molecule has 3 saturated carbocycles. The van der Waals surface area contributed by atoms with Gasteiger partial charge in [-0.1, -0.05) is 19.3 Å². The molecule has 1 nitrogen and oxygen atoms in total. The first-order chi connectivity index (χ1) is 7.43. The van der Waals surface area contributed by atoms with Crippen molar-refractivity contribution in [2.45, 2.75) is 51.0 Å². The van der Waals surface area contributed by atoms with Gasteiger partial charge < -0.3 is 5.32 Å². The van der Waals surface area contributed by atoms with Crippen molar-refractivity contribution in [3.8, 4) is 0 Å². The summed E-state index contributed by atoms with van der Waals surface area (Å²) in [4.78, 5) is 0. The lowest BCUT2D eigenvalue weighted by Gasteiger charge is -2.48. The zero-order valence-electron chi connectivity index (χ0n) is 9.62. The maximum absolute atomic E-state index is 3.81. The monoisotopic (exact) mass is 205 g/mol. The molecule has 0 aromatic carbocycles. The molecule has 0 aromatic heterocycles. The smallest absolute Gasteiger partial charge is 0.0101 e. The Kier molecular flexibility index (Phi) is 1.94. The summed E-state index contributed by atoms with van der Waals surface area (Å²) in [6.07, 6.45) is 10.8. The Hall–Kier alpha value is -0.0400. The Balaban J connectivity index is 1.69. The lowest BCUT2D eigenvalue weighted by Crippen LogP contribution is -2.51. The molecule has 1 heteroatoms. The maximum atomic E-state index is 3.81. The molecule has 0 spiro atoms. The Morgan fingerprint density at radius 2 is 1.60 bits per heavy atom. The third-order valence-electron chi connectivity index (χ3n) is 6.07. The minimum Gasteiger partial charge on any atom is -0.314 e. The van der Waals surface area contributed by atoms with Crippen molar-refractivity contribution in [1.82, 2.24) is 5.32 Å². The second-order valence-electron chi connectivity index (χ2n) is 6.53. The van der Waals surface area contributed by atoms with Crippen LogP contribution in [0.15, 0.2) is 0 Å². The fraction of sp³-hybridized carbons (Fsp3) is 1.00. The van der Waals surface area contributed by atoms with Crippen LogP contribution in [-0.2, 0) is 0 Å². The Morgan fingerprint density at radius 1 is 0.733 bits per heavy atom. The highest BCUT2D eigenvalue weighted by molar-refractivity contribution is 5.05. The molecule has 4 fully saturated rings. The van der Waals surface area contributed by atoms with Crippen LogP contribution in [0.3, 0.4) is 0 Å². The second kappa shape index (κ2) is 3.23. The summed E-state index contributed by atoms with van der Waals surface area (Å²) < 4.78 is 0. The first kappa shape index (κ1) is 9.04. The van der Waals surface area contributed by atoms with Gasteiger partial charge in [0.15, 0.2) is 0 Å². The topological polar surface area (TPSA) is 12.0 Å². The van der Waals surface area contributed by atoms with E-state index in [1.165, 1.54) is 19.4 Å². The summed E-state index contributed by atoms with van der Waals surface area (Å²) in [5.41, 5.74) is 0. The molecule has 0 radical (unpaired) electrons. The summed E-state index contributed by atoms with van der Waals surface area (Å²) in [6, 6.07) is 0.924. The molecule has 1 heterocycles. The standard InChI is InChI=1S/C14H23N/c1-2-9-4-5-12-14-11(6-7-15-12)8-10(3-1)13(9)14/h9-15H,1-8H2. The van der Waals surface area contributed by atoms with Crippen molar-refractivity contribution < 1.29 is 0 Å². The fourth-order valence-corrected chi connectivity index (χ4v) is 5.70. The SMILES string of the molecule is C1CC2CCC3NCCC4CC(C1)C2C43. The van der Waals surface area contributed by atoms with E-state index in [0.717, 1.165) is 35.6 Å². The van der Waals surface area contributed by atoms with Crippen molar-refractivity contribution in [2.75, 3.05) is 6.54 Å². The van der Waals surface area contributed by atoms with Crippen LogP contribution in [0.4, 0.5) is 0 Å². The summed E-state index contributed by atoms with van der Waals surface area (Å²) >= 11 is 0. The predicted octanol–water partition coefficient (Wildman–Crippen LogP) is 2.81. The average Bonchev–Trinajstić information content (AvgIpc) is 2.66. The van der Waals surface area contributed by atoms with Crippen molar-refractivity contribution in [1.29, 1.82) is 0 Å². The zero-order valence-corrected chi connectivity index (χ0v) is 9.62. The van der Waals surface area contributed by atoms with Gasteiger partial charge in [-0.15, -0.1) is 0 Å². The van der Waals surface area contributed by atoms with Crippen LogP contribution in [0, 0.1) is 29.6 Å². The van der Waals surface area contributed by atoms with Crippen LogP contribution in [0.2, 0.25) is 0 Å². The maximum Gasteiger partial charge on any atom is 0.0101 e. The van der Waals surface area contributed by atoms with Crippen molar-refractivity contribution >= 4 is 0 Å². The van der Waals surface area contributed by atoms with Gasteiger partial charge in [-0.3, -0.25) is 0 Å². The summed E-state index contributed by atoms with van der Waals surface area (Å²) in [7, 11) is 0. The minimum atomic E-state index is 0.924. The highest BCUT2D eigenvalue weighted by atomic mass is 15.0. The van der Waals surface area contributed by atoms with Gasteiger partial charge in [-0.05, 0) is 61.8 Å². The molecule has 4 rings (SSSR count). The largest absolute Gasteiger partial charge is 0.314 e. The molecule has 15 heavy (non-hydrogen) atoms. The molecule has 3 aliphatic carbocycles. The van der Waals surface area contributed by atoms with E-state index >= 15 is 0 Å². The molecular formula is C14H23N. The van der Waals surface area contributed by atoms with Crippen LogP contribution < -0.4 is 5.32 Å². The van der Waals surface area contributed by atoms with Crippen molar-refractivity contribution in [3.05, 3.63) is 0 Å². The molecule has 1 saturated heterocycles. The van der Waals surface area contributed by atoms with Gasteiger partial charge in [0.1, 0.15) is 0 Å². The molecule has 1 N–H and O–H groups in total. The lowest BCUT2D eigenvalue weighted by molar-refractivity contribution is 0.0443. The van der Waals surface area contributed by atoms with Gasteiger partial charge in [0.25, 0.3) is 0 Å². The Labute approximate surface area is 93.0 Å². The quantitative estimate of drug-likeness (QED) is 0.641. The normalized spacial score (nSPS) is 57.6. The zero-order chi connectivity index (χ0) is 9.83. The molecule has 6 atom stereocenters. The number of nitrogens with one attached hydrogen (secondary N) is 1. The first-order valence-corrected chi connectivity index (χ1v) is 7.17. The third-order valence-corrected chi connectivity index (χ3v) is 6.07. The van der Waals surface area contributed by atoms with E-state index in [0.29, 0.717) is 0 Å². The number of rotatable bonds is 0. The Bertz CT molecular complexity index is 236. The van der Waals surface area contributed by atoms with Gasteiger partial charge in [0, 0.05) is 6.04 Å². The second-order valence-corrected chi connectivity index (χ2v) is 6.53. The van der Waals surface area contributed by atoms with Crippen LogP contribution in [-0.4, -0.2) is 12.6 Å². The molecule has 0 bridgehead atoms. The number of piperidine rings is 1.